The number of hydrogen-bond acceptors (Lipinski definition) is 4. The molecule has 0 spiro atoms. The van der Waals surface area contributed by atoms with Gasteiger partial charge in [0.1, 0.15) is 18.4 Å². The van der Waals surface area contributed by atoms with Crippen LogP contribution in [-0.2, 0) is 9.59 Å². The predicted molar refractivity (Wildman–Crippen MR) is 98.6 cm³/mol. The minimum Gasteiger partial charge on any atom is -0.388 e. The van der Waals surface area contributed by atoms with Crippen LogP contribution in [0.2, 0.25) is 0 Å². The Labute approximate surface area is 160 Å². The highest BCUT2D eigenvalue weighted by atomic mass is 19.1. The predicted octanol–water partition coefficient (Wildman–Crippen LogP) is 3.00. The van der Waals surface area contributed by atoms with Crippen molar-refractivity contribution in [3.63, 3.8) is 0 Å². The van der Waals surface area contributed by atoms with E-state index in [2.05, 4.69) is 6.92 Å². The molecule has 0 bridgehead atoms. The smallest absolute Gasteiger partial charge is 0.190 e. The minimum atomic E-state index is -1.54. The molecule has 27 heavy (non-hydrogen) atoms. The lowest BCUT2D eigenvalue weighted by Crippen LogP contribution is -2.60. The Balaban J connectivity index is 1.75. The number of ketones is 2. The topological polar surface area (TPSA) is 74.6 Å². The molecule has 4 rings (SSSR count). The monoisotopic (exact) mass is 378 g/mol. The van der Waals surface area contributed by atoms with E-state index in [9.17, 15) is 19.8 Å². The maximum Gasteiger partial charge on any atom is 0.190 e. The summed E-state index contributed by atoms with van der Waals surface area (Å²) in [7, 11) is 0. The second-order valence-electron chi connectivity index (χ2n) is 10.0. The van der Waals surface area contributed by atoms with E-state index in [4.69, 9.17) is 0 Å². The van der Waals surface area contributed by atoms with Crippen molar-refractivity contribution < 1.29 is 24.2 Å². The molecule has 0 aliphatic heterocycles. The second-order valence-corrected chi connectivity index (χ2v) is 10.0. The summed E-state index contributed by atoms with van der Waals surface area (Å²) >= 11 is 0. The Kier molecular flexibility index (Phi) is 4.25. The molecule has 3 saturated carbocycles. The number of carbonyl (C=O) groups excluding carboxylic acids is 2. The third-order valence-corrected chi connectivity index (χ3v) is 9.09. The Hall–Kier alpha value is -1.07. The van der Waals surface area contributed by atoms with Gasteiger partial charge in [-0.1, -0.05) is 20.8 Å². The number of allylic oxidation sites excluding steroid dienone is 1. The Morgan fingerprint density at radius 1 is 1.26 bits per heavy atom. The van der Waals surface area contributed by atoms with Gasteiger partial charge in [-0.25, -0.2) is 4.39 Å². The number of aliphatic hydroxyl groups is 2. The fourth-order valence-electron chi connectivity index (χ4n) is 7.61. The zero-order chi connectivity index (χ0) is 19.8. The Bertz CT molecular complexity index is 717. The standard InChI is InChI=1S/C22H31FO4/c1-12-8-16-14-10-18(23)17-9-13(25)4-6-20(17,2)15(14)5-7-21(16,3)22(12,27)19(26)11-24/h9,12,14-16,18,24,27H,4-8,10-11H2,1-3H3. The third kappa shape index (κ3) is 2.27. The molecular formula is C22H31FO4. The molecule has 4 aliphatic carbocycles. The van der Waals surface area contributed by atoms with E-state index in [0.29, 0.717) is 37.7 Å². The number of aliphatic hydroxyl groups excluding tert-OH is 1. The molecule has 0 aromatic heterocycles. The number of alkyl halides is 1. The van der Waals surface area contributed by atoms with Gasteiger partial charge in [0, 0.05) is 11.8 Å². The van der Waals surface area contributed by atoms with Gasteiger partial charge in [0.05, 0.1) is 0 Å². The SMILES string of the molecule is CC1CC2C3CC(F)C4=CC(=O)CCC4(C)C3CCC2(C)C1(O)C(=O)CO. The lowest BCUT2D eigenvalue weighted by molar-refractivity contribution is -0.171. The molecule has 0 saturated heterocycles. The largest absolute Gasteiger partial charge is 0.388 e. The highest BCUT2D eigenvalue weighted by molar-refractivity contribution is 5.92. The van der Waals surface area contributed by atoms with Gasteiger partial charge < -0.3 is 10.2 Å². The minimum absolute atomic E-state index is 0.0293. The fraction of sp³-hybridized carbons (Fsp3) is 0.818. The van der Waals surface area contributed by atoms with Crippen LogP contribution >= 0.6 is 0 Å². The molecule has 3 fully saturated rings. The molecule has 0 heterocycles. The second kappa shape index (κ2) is 5.96. The van der Waals surface area contributed by atoms with Crippen LogP contribution in [0.25, 0.3) is 0 Å². The van der Waals surface area contributed by atoms with Gasteiger partial charge in [-0.15, -0.1) is 0 Å². The molecule has 5 heteroatoms. The van der Waals surface area contributed by atoms with E-state index in [1.807, 2.05) is 13.8 Å². The summed E-state index contributed by atoms with van der Waals surface area (Å²) in [6.07, 6.45) is 4.16. The number of Topliss-reactive ketones (excluding diaryl/α,β-unsaturated/α-hetero) is 1. The lowest BCUT2D eigenvalue weighted by atomic mass is 9.46. The van der Waals surface area contributed by atoms with Crippen molar-refractivity contribution in [2.24, 2.45) is 34.5 Å². The summed E-state index contributed by atoms with van der Waals surface area (Å²) in [5, 5.41) is 20.9. The summed E-state index contributed by atoms with van der Waals surface area (Å²) in [6, 6.07) is 0. The Morgan fingerprint density at radius 2 is 1.96 bits per heavy atom. The summed E-state index contributed by atoms with van der Waals surface area (Å²) in [4.78, 5) is 24.4. The normalized spacial score (nSPS) is 51.9. The van der Waals surface area contributed by atoms with Crippen LogP contribution in [0.15, 0.2) is 11.6 Å². The molecule has 4 aliphatic rings. The molecule has 0 radical (unpaired) electrons. The zero-order valence-corrected chi connectivity index (χ0v) is 16.5. The number of carbonyl (C=O) groups is 2. The first-order valence-electron chi connectivity index (χ1n) is 10.3. The van der Waals surface area contributed by atoms with Gasteiger partial charge in [-0.05, 0) is 72.8 Å². The van der Waals surface area contributed by atoms with Crippen molar-refractivity contribution in [2.75, 3.05) is 6.61 Å². The van der Waals surface area contributed by atoms with E-state index in [-0.39, 0.29) is 34.9 Å². The molecule has 0 amide bonds. The van der Waals surface area contributed by atoms with Crippen LogP contribution in [0, 0.1) is 34.5 Å². The molecule has 8 atom stereocenters. The van der Waals surface area contributed by atoms with Crippen molar-refractivity contribution in [3.05, 3.63) is 11.6 Å². The van der Waals surface area contributed by atoms with Crippen LogP contribution in [0.3, 0.4) is 0 Å². The van der Waals surface area contributed by atoms with E-state index in [1.54, 1.807) is 6.08 Å². The van der Waals surface area contributed by atoms with E-state index < -0.39 is 29.6 Å². The fourth-order valence-corrected chi connectivity index (χ4v) is 7.61. The summed E-state index contributed by atoms with van der Waals surface area (Å²) in [6.45, 7) is 5.31. The van der Waals surface area contributed by atoms with Crippen molar-refractivity contribution in [3.8, 4) is 0 Å². The number of halogens is 1. The molecule has 0 aromatic carbocycles. The molecule has 4 nitrogen and oxygen atoms in total. The number of fused-ring (bicyclic) bond motifs is 5. The molecule has 8 unspecified atom stereocenters. The quantitative estimate of drug-likeness (QED) is 0.775. The van der Waals surface area contributed by atoms with E-state index >= 15 is 4.39 Å². The number of hydrogen-bond donors (Lipinski definition) is 2. The summed E-state index contributed by atoms with van der Waals surface area (Å²) in [5.41, 5.74) is -1.79. The van der Waals surface area contributed by atoms with Gasteiger partial charge >= 0.3 is 0 Å². The van der Waals surface area contributed by atoms with Gasteiger partial charge in [0.25, 0.3) is 0 Å². The van der Waals surface area contributed by atoms with Crippen molar-refractivity contribution in [1.29, 1.82) is 0 Å². The van der Waals surface area contributed by atoms with Gasteiger partial charge in [0.2, 0.25) is 0 Å². The first kappa shape index (κ1) is 19.3. The van der Waals surface area contributed by atoms with Crippen LogP contribution in [0.5, 0.6) is 0 Å². The summed E-state index contributed by atoms with van der Waals surface area (Å²) < 4.78 is 15.2. The molecule has 2 N–H and O–H groups in total. The van der Waals surface area contributed by atoms with Crippen molar-refractivity contribution in [2.45, 2.75) is 71.1 Å². The maximum atomic E-state index is 15.2. The van der Waals surface area contributed by atoms with Gasteiger partial charge in [0.15, 0.2) is 11.6 Å². The maximum absolute atomic E-state index is 15.2. The van der Waals surface area contributed by atoms with Gasteiger partial charge in [-0.3, -0.25) is 9.59 Å². The van der Waals surface area contributed by atoms with Crippen molar-refractivity contribution >= 4 is 11.6 Å². The van der Waals surface area contributed by atoms with Crippen LogP contribution < -0.4 is 0 Å². The van der Waals surface area contributed by atoms with E-state index in [0.717, 1.165) is 6.42 Å². The average Bonchev–Trinajstić information content (AvgIpc) is 2.84. The summed E-state index contributed by atoms with van der Waals surface area (Å²) in [5.74, 6) is -0.289. The molecule has 0 aromatic rings. The van der Waals surface area contributed by atoms with E-state index in [1.165, 1.54) is 0 Å². The van der Waals surface area contributed by atoms with Crippen LogP contribution in [0.4, 0.5) is 4.39 Å². The Morgan fingerprint density at radius 3 is 2.63 bits per heavy atom. The number of rotatable bonds is 2. The lowest BCUT2D eigenvalue weighted by Gasteiger charge is -2.59. The highest BCUT2D eigenvalue weighted by Gasteiger charge is 2.69. The van der Waals surface area contributed by atoms with Gasteiger partial charge in [-0.2, -0.15) is 0 Å². The molecule has 150 valence electrons. The van der Waals surface area contributed by atoms with Crippen LogP contribution in [-0.4, -0.2) is 40.2 Å². The zero-order valence-electron chi connectivity index (χ0n) is 16.5. The molecular weight excluding hydrogens is 347 g/mol. The highest BCUT2D eigenvalue weighted by Crippen LogP contribution is 2.69. The first-order valence-corrected chi connectivity index (χ1v) is 10.3. The van der Waals surface area contributed by atoms with Crippen LogP contribution in [0.1, 0.15) is 59.3 Å². The third-order valence-electron chi connectivity index (χ3n) is 9.09. The first-order chi connectivity index (χ1) is 12.6. The average molecular weight is 378 g/mol. The van der Waals surface area contributed by atoms with Crippen molar-refractivity contribution in [1.82, 2.24) is 0 Å².